The number of amides is 1. The molecule has 1 aliphatic carbocycles. The number of ether oxygens (including phenoxy) is 1. The fourth-order valence-electron chi connectivity index (χ4n) is 3.38. The molecule has 2 aromatic heterocycles. The van der Waals surface area contributed by atoms with E-state index in [1.54, 1.807) is 0 Å². The molecule has 144 valence electrons. The number of anilines is 1. The third kappa shape index (κ3) is 3.11. The molecular formula is C18H16N4O5S. The van der Waals surface area contributed by atoms with E-state index < -0.39 is 10.8 Å². The van der Waals surface area contributed by atoms with Gasteiger partial charge in [-0.2, -0.15) is 0 Å². The molecule has 10 heteroatoms. The quantitative estimate of drug-likeness (QED) is 0.520. The first kappa shape index (κ1) is 18.1. The number of hydrogen-bond donors (Lipinski definition) is 1. The molecule has 0 radical (unpaired) electrons. The van der Waals surface area contributed by atoms with Crippen molar-refractivity contribution in [2.75, 3.05) is 12.4 Å². The molecule has 2 heterocycles. The van der Waals surface area contributed by atoms with Gasteiger partial charge in [0.2, 0.25) is 5.91 Å². The summed E-state index contributed by atoms with van der Waals surface area (Å²) in [5, 5.41) is 14.1. The second-order valence-electron chi connectivity index (χ2n) is 6.40. The number of nitro benzene ring substituents is 1. The number of carbonyl (C=O) groups excluding carboxylic acids is 1. The number of hydrogen-bond acceptors (Lipinski definition) is 7. The Balaban J connectivity index is 1.61. The van der Waals surface area contributed by atoms with Crippen molar-refractivity contribution in [3.8, 4) is 5.75 Å². The molecule has 0 saturated carbocycles. The van der Waals surface area contributed by atoms with Crippen LogP contribution in [0.3, 0.4) is 0 Å². The second-order valence-corrected chi connectivity index (χ2v) is 7.49. The van der Waals surface area contributed by atoms with E-state index in [0.29, 0.717) is 10.2 Å². The minimum absolute atomic E-state index is 0.167. The molecule has 0 aliphatic heterocycles. The van der Waals surface area contributed by atoms with E-state index in [4.69, 9.17) is 4.74 Å². The molecule has 1 amide bonds. The van der Waals surface area contributed by atoms with Gasteiger partial charge in [0.1, 0.15) is 17.1 Å². The van der Waals surface area contributed by atoms with Gasteiger partial charge in [-0.1, -0.05) is 0 Å². The van der Waals surface area contributed by atoms with E-state index in [2.05, 4.69) is 10.3 Å². The number of nitro groups is 1. The minimum atomic E-state index is -0.561. The molecule has 1 N–H and O–H groups in total. The van der Waals surface area contributed by atoms with Crippen LogP contribution in [0, 0.1) is 10.1 Å². The maximum Gasteiger partial charge on any atom is 0.271 e. The van der Waals surface area contributed by atoms with Crippen LogP contribution in [0.2, 0.25) is 0 Å². The smallest absolute Gasteiger partial charge is 0.271 e. The highest BCUT2D eigenvalue weighted by atomic mass is 32.1. The lowest BCUT2D eigenvalue weighted by atomic mass is 10.2. The summed E-state index contributed by atoms with van der Waals surface area (Å²) in [5.74, 6) is -0.218. The highest BCUT2D eigenvalue weighted by molar-refractivity contribution is 7.18. The van der Waals surface area contributed by atoms with Crippen molar-refractivity contribution >= 4 is 38.8 Å². The van der Waals surface area contributed by atoms with Crippen molar-refractivity contribution in [2.24, 2.45) is 0 Å². The van der Waals surface area contributed by atoms with Gasteiger partial charge in [0.25, 0.3) is 11.2 Å². The molecule has 1 aromatic carbocycles. The van der Waals surface area contributed by atoms with Crippen LogP contribution in [-0.4, -0.2) is 27.5 Å². The number of fused-ring (bicyclic) bond motifs is 3. The Bertz CT molecular complexity index is 1170. The largest absolute Gasteiger partial charge is 0.495 e. The Hall–Kier alpha value is -3.27. The molecule has 1 aliphatic rings. The normalized spacial score (nSPS) is 12.8. The zero-order valence-corrected chi connectivity index (χ0v) is 15.7. The number of nitrogens with one attached hydrogen (secondary N) is 1. The highest BCUT2D eigenvalue weighted by Crippen LogP contribution is 2.34. The van der Waals surface area contributed by atoms with E-state index in [1.807, 2.05) is 0 Å². The average Bonchev–Trinajstić information content (AvgIpc) is 3.25. The number of carbonyl (C=O) groups is 1. The van der Waals surface area contributed by atoms with Crippen molar-refractivity contribution in [3.63, 3.8) is 0 Å². The standard InChI is InChI=1S/C18H16N4O5S/c1-27-13-6-5-10(22(25)26)7-12(13)20-15(23)8-21-9-19-17-16(18(21)24)11-3-2-4-14(11)28-17/h5-7,9H,2-4,8H2,1H3,(H,20,23). The van der Waals surface area contributed by atoms with Gasteiger partial charge in [0.15, 0.2) is 0 Å². The number of non-ortho nitro benzene ring substituents is 1. The maximum absolute atomic E-state index is 12.8. The maximum atomic E-state index is 12.8. The van der Waals surface area contributed by atoms with Crippen molar-refractivity contribution in [1.29, 1.82) is 0 Å². The average molecular weight is 400 g/mol. The zero-order valence-electron chi connectivity index (χ0n) is 14.9. The highest BCUT2D eigenvalue weighted by Gasteiger charge is 2.22. The van der Waals surface area contributed by atoms with Crippen molar-refractivity contribution in [2.45, 2.75) is 25.8 Å². The van der Waals surface area contributed by atoms with Crippen LogP contribution in [0.5, 0.6) is 5.75 Å². The number of nitrogens with zero attached hydrogens (tertiary/aromatic N) is 3. The summed E-state index contributed by atoms with van der Waals surface area (Å²) in [6.45, 7) is -0.252. The first-order chi connectivity index (χ1) is 13.5. The van der Waals surface area contributed by atoms with Gasteiger partial charge >= 0.3 is 0 Å². The van der Waals surface area contributed by atoms with Gasteiger partial charge in [0, 0.05) is 17.0 Å². The van der Waals surface area contributed by atoms with E-state index in [9.17, 15) is 19.7 Å². The molecule has 9 nitrogen and oxygen atoms in total. The van der Waals surface area contributed by atoms with Crippen LogP contribution < -0.4 is 15.6 Å². The summed E-state index contributed by atoms with van der Waals surface area (Å²) in [4.78, 5) is 41.9. The lowest BCUT2D eigenvalue weighted by Crippen LogP contribution is -2.28. The lowest BCUT2D eigenvalue weighted by molar-refractivity contribution is -0.384. The summed E-state index contributed by atoms with van der Waals surface area (Å²) in [7, 11) is 1.40. The molecule has 0 atom stereocenters. The van der Waals surface area contributed by atoms with Crippen molar-refractivity contribution < 1.29 is 14.5 Å². The molecule has 0 fully saturated rings. The predicted octanol–water partition coefficient (Wildman–Crippen LogP) is 2.50. The molecule has 0 spiro atoms. The van der Waals surface area contributed by atoms with E-state index in [0.717, 1.165) is 24.8 Å². The molecule has 0 bridgehead atoms. The van der Waals surface area contributed by atoms with Crippen LogP contribution in [0.25, 0.3) is 10.2 Å². The zero-order chi connectivity index (χ0) is 19.8. The third-order valence-corrected chi connectivity index (χ3v) is 5.87. The molecule has 0 saturated heterocycles. The van der Waals surface area contributed by atoms with Crippen molar-refractivity contribution in [1.82, 2.24) is 9.55 Å². The molecule has 0 unspecified atom stereocenters. The van der Waals surface area contributed by atoms with Crippen LogP contribution >= 0.6 is 11.3 Å². The Morgan fingerprint density at radius 1 is 1.43 bits per heavy atom. The monoisotopic (exact) mass is 400 g/mol. The lowest BCUT2D eigenvalue weighted by Gasteiger charge is -2.11. The summed E-state index contributed by atoms with van der Waals surface area (Å²) < 4.78 is 6.39. The van der Waals surface area contributed by atoms with Gasteiger partial charge < -0.3 is 10.1 Å². The number of rotatable bonds is 5. The Labute approximate surface area is 162 Å². The molecule has 4 rings (SSSR count). The topological polar surface area (TPSA) is 116 Å². The van der Waals surface area contributed by atoms with Gasteiger partial charge in [-0.25, -0.2) is 4.98 Å². The summed E-state index contributed by atoms with van der Waals surface area (Å²) >= 11 is 1.53. The van der Waals surface area contributed by atoms with Gasteiger partial charge in [0.05, 0.1) is 29.4 Å². The first-order valence-electron chi connectivity index (χ1n) is 8.60. The number of benzene rings is 1. The second kappa shape index (κ2) is 7.04. The van der Waals surface area contributed by atoms with E-state index >= 15 is 0 Å². The van der Waals surface area contributed by atoms with Crippen LogP contribution in [-0.2, 0) is 24.2 Å². The Kier molecular flexibility index (Phi) is 4.55. The van der Waals surface area contributed by atoms with E-state index in [-0.39, 0.29) is 29.2 Å². The third-order valence-electron chi connectivity index (χ3n) is 4.67. The molecule has 28 heavy (non-hydrogen) atoms. The number of methoxy groups -OCH3 is 1. The minimum Gasteiger partial charge on any atom is -0.495 e. The van der Waals surface area contributed by atoms with Crippen LogP contribution in [0.15, 0.2) is 29.3 Å². The first-order valence-corrected chi connectivity index (χ1v) is 9.41. The van der Waals surface area contributed by atoms with Gasteiger partial charge in [-0.05, 0) is 30.9 Å². The van der Waals surface area contributed by atoms with Gasteiger partial charge in [-0.3, -0.25) is 24.3 Å². The van der Waals surface area contributed by atoms with E-state index in [1.165, 1.54) is 52.4 Å². The van der Waals surface area contributed by atoms with Crippen molar-refractivity contribution in [3.05, 3.63) is 55.4 Å². The predicted molar refractivity (Wildman–Crippen MR) is 104 cm³/mol. The summed E-state index contributed by atoms with van der Waals surface area (Å²) in [6, 6.07) is 3.91. The molecule has 3 aromatic rings. The Morgan fingerprint density at radius 3 is 3.00 bits per heavy atom. The fourth-order valence-corrected chi connectivity index (χ4v) is 4.60. The number of aromatic nitrogens is 2. The number of thiophene rings is 1. The van der Waals surface area contributed by atoms with Crippen LogP contribution in [0.1, 0.15) is 16.9 Å². The fraction of sp³-hybridized carbons (Fsp3) is 0.278. The summed E-state index contributed by atoms with van der Waals surface area (Å²) in [5.41, 5.74) is 0.795. The van der Waals surface area contributed by atoms with Gasteiger partial charge in [-0.15, -0.1) is 11.3 Å². The Morgan fingerprint density at radius 2 is 2.25 bits per heavy atom. The number of aryl methyl sites for hydroxylation is 2. The molecular weight excluding hydrogens is 384 g/mol. The van der Waals surface area contributed by atoms with Crippen LogP contribution in [0.4, 0.5) is 11.4 Å². The summed E-state index contributed by atoms with van der Waals surface area (Å²) in [6.07, 6.45) is 4.20. The SMILES string of the molecule is COc1ccc([N+](=O)[O-])cc1NC(=O)Cn1cnc2sc3c(c2c1=O)CCC3.